The summed E-state index contributed by atoms with van der Waals surface area (Å²) in [6.07, 6.45) is 54.2. The van der Waals surface area contributed by atoms with E-state index in [2.05, 4.69) is 48.5 Å². The number of aliphatic hydroxyl groups excluding tert-OH is 1. The highest BCUT2D eigenvalue weighted by atomic mass is 31.2. The molecule has 0 aliphatic carbocycles. The molecule has 0 rings (SSSR count). The number of hydrogen-bond donors (Lipinski definition) is 3. The van der Waals surface area contributed by atoms with Crippen LogP contribution >= 0.6 is 15.6 Å². The van der Waals surface area contributed by atoms with Gasteiger partial charge in [-0.2, -0.15) is 0 Å². The van der Waals surface area contributed by atoms with Crippen molar-refractivity contribution in [3.63, 3.8) is 0 Å². The SMILES string of the molecule is CCCCCCCCCCCCCCC(=O)O[C@H](COC(=O)CCCCCCCCC(C)CC)COP(=O)(O)OC[C@H](O)COP(=O)(O)OC[C@@H](COC(=O)CCCCCCCCCCCC(C)C)OC(=O)CCCCCCCCCCCCCCCCCCCCC(C)CC. The Kier molecular flexibility index (Phi) is 66.2. The molecule has 0 amide bonds. The standard InChI is InChI=1S/C77H150O17P2/c1-8-11-12-13-14-15-16-26-31-37-46-53-60-76(81)94-73(65-88-75(80)59-52-45-40-39-43-50-57-70(7)10-3)67-92-96(85,86)90-63-71(78)62-89-95(83,84)91-66-72(64-87-74(79)58-51-44-36-33-28-29-34-41-48-55-68(4)5)93-77(82)61-54-47-38-32-27-24-22-20-18-17-19-21-23-25-30-35-42-49-56-69(6)9-2/h68-73,78H,8-67H2,1-7H3,(H,83,84)(H,85,86)/t69?,70?,71-,72-,73-/m1/s1. The number of carbonyl (C=O) groups excluding carboxylic acids is 4. The second-order valence-corrected chi connectivity index (χ2v) is 31.6. The number of esters is 4. The zero-order valence-corrected chi connectivity index (χ0v) is 64.6. The van der Waals surface area contributed by atoms with Gasteiger partial charge < -0.3 is 33.8 Å². The van der Waals surface area contributed by atoms with Crippen molar-refractivity contribution in [1.29, 1.82) is 0 Å². The summed E-state index contributed by atoms with van der Waals surface area (Å²) in [5.41, 5.74) is 0. The Hall–Kier alpha value is -1.94. The lowest BCUT2D eigenvalue weighted by molar-refractivity contribution is -0.161. The lowest BCUT2D eigenvalue weighted by Gasteiger charge is -2.21. The van der Waals surface area contributed by atoms with Crippen molar-refractivity contribution in [3.05, 3.63) is 0 Å². The highest BCUT2D eigenvalue weighted by Crippen LogP contribution is 2.45. The fraction of sp³-hybridized carbons (Fsp3) is 0.948. The molecule has 0 saturated carbocycles. The summed E-state index contributed by atoms with van der Waals surface area (Å²) in [5, 5.41) is 10.6. The van der Waals surface area contributed by atoms with Gasteiger partial charge in [-0.15, -0.1) is 0 Å². The number of phosphoric acid groups is 2. The molecule has 0 aliphatic rings. The van der Waals surface area contributed by atoms with Crippen LogP contribution in [0.1, 0.15) is 395 Å². The second-order valence-electron chi connectivity index (χ2n) is 28.7. The summed E-state index contributed by atoms with van der Waals surface area (Å²) < 4.78 is 68.5. The van der Waals surface area contributed by atoms with Gasteiger partial charge in [-0.1, -0.05) is 344 Å². The summed E-state index contributed by atoms with van der Waals surface area (Å²) >= 11 is 0. The third-order valence-electron chi connectivity index (χ3n) is 18.6. The first-order chi connectivity index (χ1) is 46.3. The predicted molar refractivity (Wildman–Crippen MR) is 391 cm³/mol. The minimum Gasteiger partial charge on any atom is -0.462 e. The first kappa shape index (κ1) is 94.1. The zero-order chi connectivity index (χ0) is 70.9. The minimum atomic E-state index is -4.96. The van der Waals surface area contributed by atoms with Crippen LogP contribution in [0, 0.1) is 17.8 Å². The van der Waals surface area contributed by atoms with E-state index in [1.54, 1.807) is 0 Å². The fourth-order valence-corrected chi connectivity index (χ4v) is 13.3. The van der Waals surface area contributed by atoms with E-state index >= 15 is 0 Å². The molecule has 0 fully saturated rings. The van der Waals surface area contributed by atoms with Gasteiger partial charge in [-0.25, -0.2) is 9.13 Å². The third kappa shape index (κ3) is 67.9. The van der Waals surface area contributed by atoms with Crippen LogP contribution in [0.3, 0.4) is 0 Å². The van der Waals surface area contributed by atoms with E-state index in [4.69, 9.17) is 37.0 Å². The van der Waals surface area contributed by atoms with Crippen molar-refractivity contribution in [2.75, 3.05) is 39.6 Å². The molecule has 0 spiro atoms. The summed E-state index contributed by atoms with van der Waals surface area (Å²) in [5.74, 6) is 0.228. The highest BCUT2D eigenvalue weighted by molar-refractivity contribution is 7.47. The molecule has 3 N–H and O–H groups in total. The molecule has 96 heavy (non-hydrogen) atoms. The number of hydrogen-bond acceptors (Lipinski definition) is 15. The summed E-state index contributed by atoms with van der Waals surface area (Å²) in [6.45, 7) is 11.9. The average Bonchev–Trinajstić information content (AvgIpc) is 1.85. The van der Waals surface area contributed by atoms with Crippen molar-refractivity contribution in [3.8, 4) is 0 Å². The highest BCUT2D eigenvalue weighted by Gasteiger charge is 2.30. The smallest absolute Gasteiger partial charge is 0.462 e. The molecule has 19 heteroatoms. The van der Waals surface area contributed by atoms with Crippen LogP contribution in [0.15, 0.2) is 0 Å². The van der Waals surface area contributed by atoms with Gasteiger partial charge in [-0.05, 0) is 43.4 Å². The largest absolute Gasteiger partial charge is 0.472 e. The maximum atomic E-state index is 13.1. The topological polar surface area (TPSA) is 237 Å². The normalized spacial score (nSPS) is 14.6. The van der Waals surface area contributed by atoms with Crippen molar-refractivity contribution in [2.45, 2.75) is 414 Å². The van der Waals surface area contributed by atoms with E-state index in [-0.39, 0.29) is 25.7 Å². The lowest BCUT2D eigenvalue weighted by Crippen LogP contribution is -2.30. The Labute approximate surface area is 588 Å². The van der Waals surface area contributed by atoms with E-state index in [0.29, 0.717) is 25.7 Å². The number of carbonyl (C=O) groups is 4. The number of aliphatic hydroxyl groups is 1. The molecular weight excluding hydrogens is 1260 g/mol. The molecule has 0 radical (unpaired) electrons. The van der Waals surface area contributed by atoms with Crippen LogP contribution in [-0.4, -0.2) is 96.7 Å². The van der Waals surface area contributed by atoms with E-state index in [9.17, 15) is 43.2 Å². The molecule has 570 valence electrons. The lowest BCUT2D eigenvalue weighted by atomic mass is 9.99. The molecule has 0 aromatic heterocycles. The first-order valence-corrected chi connectivity index (χ1v) is 42.9. The van der Waals surface area contributed by atoms with Gasteiger partial charge in [0.05, 0.1) is 26.4 Å². The Balaban J connectivity index is 5.19. The Morgan fingerprint density at radius 1 is 0.302 bits per heavy atom. The molecule has 0 heterocycles. The maximum Gasteiger partial charge on any atom is 0.472 e. The van der Waals surface area contributed by atoms with Gasteiger partial charge in [-0.3, -0.25) is 37.3 Å². The van der Waals surface area contributed by atoms with E-state index < -0.39 is 97.5 Å². The van der Waals surface area contributed by atoms with Gasteiger partial charge in [0, 0.05) is 25.7 Å². The zero-order valence-electron chi connectivity index (χ0n) is 62.8. The second kappa shape index (κ2) is 67.5. The number of unbranched alkanes of at least 4 members (excludes halogenated alkanes) is 41. The molecule has 0 aromatic carbocycles. The van der Waals surface area contributed by atoms with Gasteiger partial charge in [0.2, 0.25) is 0 Å². The van der Waals surface area contributed by atoms with Gasteiger partial charge >= 0.3 is 39.5 Å². The van der Waals surface area contributed by atoms with Crippen LogP contribution in [-0.2, 0) is 65.4 Å². The van der Waals surface area contributed by atoms with Crippen LogP contribution in [0.5, 0.6) is 0 Å². The Bertz CT molecular complexity index is 1870. The Morgan fingerprint density at radius 3 is 0.792 bits per heavy atom. The Morgan fingerprint density at radius 2 is 0.531 bits per heavy atom. The van der Waals surface area contributed by atoms with Crippen molar-refractivity contribution in [2.24, 2.45) is 17.8 Å². The first-order valence-electron chi connectivity index (χ1n) is 39.9. The van der Waals surface area contributed by atoms with E-state index in [1.165, 1.54) is 199 Å². The van der Waals surface area contributed by atoms with Gasteiger partial charge in [0.15, 0.2) is 12.2 Å². The van der Waals surface area contributed by atoms with Crippen molar-refractivity contribution in [1.82, 2.24) is 0 Å². The van der Waals surface area contributed by atoms with Crippen LogP contribution < -0.4 is 0 Å². The maximum absolute atomic E-state index is 13.1. The molecule has 7 atom stereocenters. The van der Waals surface area contributed by atoms with Crippen LogP contribution in [0.2, 0.25) is 0 Å². The van der Waals surface area contributed by atoms with Crippen LogP contribution in [0.25, 0.3) is 0 Å². The van der Waals surface area contributed by atoms with E-state index in [0.717, 1.165) is 114 Å². The average molecular weight is 1410 g/mol. The molecule has 17 nitrogen and oxygen atoms in total. The molecule has 0 saturated heterocycles. The molecule has 0 bridgehead atoms. The van der Waals surface area contributed by atoms with Gasteiger partial charge in [0.1, 0.15) is 19.3 Å². The van der Waals surface area contributed by atoms with E-state index in [1.807, 2.05) is 0 Å². The van der Waals surface area contributed by atoms with Crippen LogP contribution in [0.4, 0.5) is 0 Å². The molecular formula is C77H150O17P2. The molecule has 4 unspecified atom stereocenters. The number of phosphoric ester groups is 2. The predicted octanol–water partition coefficient (Wildman–Crippen LogP) is 22.6. The monoisotopic (exact) mass is 1410 g/mol. The van der Waals surface area contributed by atoms with Gasteiger partial charge in [0.25, 0.3) is 0 Å². The quantitative estimate of drug-likeness (QED) is 0.0222. The van der Waals surface area contributed by atoms with Crippen molar-refractivity contribution < 1.29 is 80.2 Å². The number of ether oxygens (including phenoxy) is 4. The summed E-state index contributed by atoms with van der Waals surface area (Å²) in [7, 11) is -9.91. The third-order valence-corrected chi connectivity index (χ3v) is 20.5. The van der Waals surface area contributed by atoms with Crippen molar-refractivity contribution >= 4 is 39.5 Å². The minimum absolute atomic E-state index is 0.106. The number of rotatable bonds is 75. The molecule has 0 aliphatic heterocycles. The molecule has 0 aromatic rings. The fourth-order valence-electron chi connectivity index (χ4n) is 11.7. The summed E-state index contributed by atoms with van der Waals surface area (Å²) in [4.78, 5) is 72.8. The summed E-state index contributed by atoms with van der Waals surface area (Å²) in [6, 6.07) is 0.